The molecule has 0 saturated carbocycles. The molecular formula is C22H30N4O. The summed E-state index contributed by atoms with van der Waals surface area (Å²) in [4.78, 5) is 6.96. The zero-order chi connectivity index (χ0) is 18.9. The van der Waals surface area contributed by atoms with Crippen molar-refractivity contribution in [1.82, 2.24) is 10.2 Å². The number of likely N-dealkylation sites (tertiary alicyclic amines) is 1. The first-order valence-corrected chi connectivity index (χ1v) is 9.78. The Kier molecular flexibility index (Phi) is 7.11. The van der Waals surface area contributed by atoms with Crippen molar-refractivity contribution in [2.45, 2.75) is 39.0 Å². The van der Waals surface area contributed by atoms with Crippen molar-refractivity contribution in [2.75, 3.05) is 19.6 Å². The van der Waals surface area contributed by atoms with Crippen LogP contribution in [0, 0.1) is 0 Å². The van der Waals surface area contributed by atoms with Crippen LogP contribution in [0.5, 0.6) is 5.75 Å². The standard InChI is InChI=1S/C22H30N4O/c1-2-26-14-6-7-20(26)16-25-22(23)24-15-18-10-12-19(13-11-18)17-27-21-8-4-3-5-9-21/h3-5,8-13,20H,2,6-7,14-17H2,1H3,(H3,23,24,25). The van der Waals surface area contributed by atoms with Gasteiger partial charge < -0.3 is 15.8 Å². The minimum absolute atomic E-state index is 0.523. The van der Waals surface area contributed by atoms with Gasteiger partial charge in [0.05, 0.1) is 6.54 Å². The SMILES string of the molecule is CCN1CCCC1CNC(N)=NCc1ccc(COc2ccccc2)cc1. The van der Waals surface area contributed by atoms with Crippen molar-refractivity contribution in [3.05, 3.63) is 65.7 Å². The van der Waals surface area contributed by atoms with Crippen molar-refractivity contribution >= 4 is 5.96 Å². The number of rotatable bonds is 8. The van der Waals surface area contributed by atoms with Gasteiger partial charge in [0.25, 0.3) is 0 Å². The topological polar surface area (TPSA) is 62.9 Å². The van der Waals surface area contributed by atoms with Crippen molar-refractivity contribution < 1.29 is 4.74 Å². The number of ether oxygens (including phenoxy) is 1. The average Bonchev–Trinajstić information content (AvgIpc) is 3.18. The smallest absolute Gasteiger partial charge is 0.188 e. The number of hydrogen-bond donors (Lipinski definition) is 2. The van der Waals surface area contributed by atoms with Gasteiger partial charge in [-0.3, -0.25) is 4.90 Å². The maximum absolute atomic E-state index is 6.03. The van der Waals surface area contributed by atoms with Crippen LogP contribution in [0.1, 0.15) is 30.9 Å². The maximum atomic E-state index is 6.03. The second-order valence-corrected chi connectivity index (χ2v) is 6.93. The van der Waals surface area contributed by atoms with Gasteiger partial charge in [0.1, 0.15) is 12.4 Å². The Bertz CT molecular complexity index is 715. The largest absolute Gasteiger partial charge is 0.489 e. The lowest BCUT2D eigenvalue weighted by Crippen LogP contribution is -2.42. The van der Waals surface area contributed by atoms with E-state index in [0.717, 1.165) is 30.0 Å². The van der Waals surface area contributed by atoms with E-state index in [0.29, 0.717) is 25.2 Å². The third-order valence-corrected chi connectivity index (χ3v) is 5.03. The molecule has 0 amide bonds. The molecule has 0 spiro atoms. The molecule has 3 rings (SSSR count). The summed E-state index contributed by atoms with van der Waals surface area (Å²) in [6, 6.07) is 18.7. The van der Waals surface area contributed by atoms with E-state index in [1.165, 1.54) is 19.4 Å². The van der Waals surface area contributed by atoms with E-state index < -0.39 is 0 Å². The average molecular weight is 367 g/mol. The fourth-order valence-corrected chi connectivity index (χ4v) is 3.42. The zero-order valence-corrected chi connectivity index (χ0v) is 16.1. The first kappa shape index (κ1) is 19.2. The molecule has 0 aromatic heterocycles. The first-order valence-electron chi connectivity index (χ1n) is 9.78. The summed E-state index contributed by atoms with van der Waals surface area (Å²) in [5, 5.41) is 3.28. The van der Waals surface area contributed by atoms with Crippen LogP contribution in [0.15, 0.2) is 59.6 Å². The summed E-state index contributed by atoms with van der Waals surface area (Å²) >= 11 is 0. The molecule has 5 nitrogen and oxygen atoms in total. The van der Waals surface area contributed by atoms with Gasteiger partial charge in [-0.15, -0.1) is 0 Å². The number of nitrogens with zero attached hydrogens (tertiary/aromatic N) is 2. The number of hydrogen-bond acceptors (Lipinski definition) is 3. The summed E-state index contributed by atoms with van der Waals surface area (Å²) in [5.74, 6) is 1.41. The van der Waals surface area contributed by atoms with Crippen molar-refractivity contribution in [2.24, 2.45) is 10.7 Å². The molecule has 1 fully saturated rings. The second-order valence-electron chi connectivity index (χ2n) is 6.93. The second kappa shape index (κ2) is 9.97. The van der Waals surface area contributed by atoms with Gasteiger partial charge in [0.2, 0.25) is 0 Å². The fourth-order valence-electron chi connectivity index (χ4n) is 3.42. The lowest BCUT2D eigenvalue weighted by atomic mass is 10.1. The van der Waals surface area contributed by atoms with Crippen molar-refractivity contribution in [3.63, 3.8) is 0 Å². The Morgan fingerprint density at radius 2 is 1.89 bits per heavy atom. The minimum atomic E-state index is 0.523. The van der Waals surface area contributed by atoms with E-state index >= 15 is 0 Å². The third-order valence-electron chi connectivity index (χ3n) is 5.03. The molecule has 2 aromatic carbocycles. The molecule has 5 heteroatoms. The van der Waals surface area contributed by atoms with Crippen LogP contribution in [0.25, 0.3) is 0 Å². The normalized spacial score (nSPS) is 17.8. The Hall–Kier alpha value is -2.53. The van der Waals surface area contributed by atoms with Gasteiger partial charge in [0, 0.05) is 12.6 Å². The molecule has 1 heterocycles. The van der Waals surface area contributed by atoms with Crippen LogP contribution in [0.2, 0.25) is 0 Å². The molecule has 1 atom stereocenters. The Balaban J connectivity index is 1.42. The van der Waals surface area contributed by atoms with E-state index in [1.54, 1.807) is 0 Å². The molecule has 2 aromatic rings. The monoisotopic (exact) mass is 366 g/mol. The summed E-state index contributed by atoms with van der Waals surface area (Å²) in [6.45, 7) is 6.53. The number of nitrogens with one attached hydrogen (secondary N) is 1. The van der Waals surface area contributed by atoms with Crippen LogP contribution < -0.4 is 15.8 Å². The number of aliphatic imine (C=N–C) groups is 1. The lowest BCUT2D eigenvalue weighted by molar-refractivity contribution is 0.267. The Labute approximate surface area is 162 Å². The van der Waals surface area contributed by atoms with Gasteiger partial charge in [-0.25, -0.2) is 4.99 Å². The lowest BCUT2D eigenvalue weighted by Gasteiger charge is -2.23. The van der Waals surface area contributed by atoms with E-state index in [2.05, 4.69) is 46.4 Å². The Morgan fingerprint density at radius 1 is 1.15 bits per heavy atom. The highest BCUT2D eigenvalue weighted by Crippen LogP contribution is 2.15. The van der Waals surface area contributed by atoms with E-state index in [9.17, 15) is 0 Å². The van der Waals surface area contributed by atoms with Gasteiger partial charge in [-0.1, -0.05) is 49.4 Å². The van der Waals surface area contributed by atoms with Crippen LogP contribution in [-0.2, 0) is 13.2 Å². The molecule has 0 bridgehead atoms. The van der Waals surface area contributed by atoms with Crippen LogP contribution in [-0.4, -0.2) is 36.5 Å². The highest BCUT2D eigenvalue weighted by molar-refractivity contribution is 5.77. The number of nitrogens with two attached hydrogens (primary N) is 1. The molecule has 1 aliphatic heterocycles. The molecule has 144 valence electrons. The number of likely N-dealkylation sites (N-methyl/N-ethyl adjacent to an activating group) is 1. The van der Waals surface area contributed by atoms with Gasteiger partial charge >= 0.3 is 0 Å². The molecule has 3 N–H and O–H groups in total. The Morgan fingerprint density at radius 3 is 2.63 bits per heavy atom. The molecule has 1 aliphatic rings. The van der Waals surface area contributed by atoms with Crippen LogP contribution in [0.4, 0.5) is 0 Å². The summed E-state index contributed by atoms with van der Waals surface area (Å²) in [5.41, 5.74) is 8.30. The highest BCUT2D eigenvalue weighted by atomic mass is 16.5. The molecule has 1 unspecified atom stereocenters. The first-order chi connectivity index (χ1) is 13.2. The van der Waals surface area contributed by atoms with E-state index in [1.807, 2.05) is 30.3 Å². The van der Waals surface area contributed by atoms with E-state index in [4.69, 9.17) is 10.5 Å². The van der Waals surface area contributed by atoms with Crippen LogP contribution in [0.3, 0.4) is 0 Å². The van der Waals surface area contributed by atoms with Crippen molar-refractivity contribution in [1.29, 1.82) is 0 Å². The quantitative estimate of drug-likeness (QED) is 0.556. The zero-order valence-electron chi connectivity index (χ0n) is 16.1. The molecular weight excluding hydrogens is 336 g/mol. The summed E-state index contributed by atoms with van der Waals surface area (Å²) in [7, 11) is 0. The van der Waals surface area contributed by atoms with Crippen molar-refractivity contribution in [3.8, 4) is 5.75 Å². The van der Waals surface area contributed by atoms with Crippen LogP contribution >= 0.6 is 0 Å². The van der Waals surface area contributed by atoms with Gasteiger partial charge in [-0.2, -0.15) is 0 Å². The number of para-hydroxylation sites is 1. The molecule has 1 saturated heterocycles. The third kappa shape index (κ3) is 6.00. The van der Waals surface area contributed by atoms with E-state index in [-0.39, 0.29) is 0 Å². The number of benzene rings is 2. The minimum Gasteiger partial charge on any atom is -0.489 e. The maximum Gasteiger partial charge on any atom is 0.188 e. The molecule has 0 radical (unpaired) electrons. The van der Waals surface area contributed by atoms with Gasteiger partial charge in [-0.05, 0) is 49.2 Å². The summed E-state index contributed by atoms with van der Waals surface area (Å²) < 4.78 is 5.77. The number of guanidine groups is 1. The highest BCUT2D eigenvalue weighted by Gasteiger charge is 2.22. The predicted molar refractivity (Wildman–Crippen MR) is 111 cm³/mol. The molecule has 27 heavy (non-hydrogen) atoms. The fraction of sp³-hybridized carbons (Fsp3) is 0.409. The molecule has 0 aliphatic carbocycles. The predicted octanol–water partition coefficient (Wildman–Crippen LogP) is 3.15. The summed E-state index contributed by atoms with van der Waals surface area (Å²) in [6.07, 6.45) is 2.51. The van der Waals surface area contributed by atoms with Gasteiger partial charge in [0.15, 0.2) is 5.96 Å².